The summed E-state index contributed by atoms with van der Waals surface area (Å²) in [5, 5.41) is 5.45. The van der Waals surface area contributed by atoms with Gasteiger partial charge in [-0.15, -0.1) is 0 Å². The Morgan fingerprint density at radius 1 is 1.41 bits per heavy atom. The second-order valence-electron chi connectivity index (χ2n) is 8.64. The number of likely N-dealkylation sites (N-methyl/N-ethyl adjacent to an activating group) is 1. The Balaban J connectivity index is 1.44. The van der Waals surface area contributed by atoms with Gasteiger partial charge in [-0.3, -0.25) is 9.48 Å². The van der Waals surface area contributed by atoms with Crippen LogP contribution in [0.25, 0.3) is 10.9 Å². The minimum absolute atomic E-state index is 0.0186. The van der Waals surface area contributed by atoms with E-state index in [4.69, 9.17) is 9.47 Å². The molecule has 2 atom stereocenters. The molecule has 0 bridgehead atoms. The first-order valence-electron chi connectivity index (χ1n) is 10.5. The maximum atomic E-state index is 13.3. The number of hydrogen-bond acceptors (Lipinski definition) is 5. The topological polar surface area (TPSA) is 59.8 Å². The molecule has 4 rings (SSSR count). The maximum Gasteiger partial charge on any atom is 0.275 e. The van der Waals surface area contributed by atoms with Crippen molar-refractivity contribution in [3.8, 4) is 0 Å². The van der Waals surface area contributed by atoms with Crippen molar-refractivity contribution >= 4 is 16.8 Å². The molecule has 2 aliphatic rings. The van der Waals surface area contributed by atoms with E-state index < -0.39 is 0 Å². The van der Waals surface area contributed by atoms with Crippen molar-refractivity contribution in [2.24, 2.45) is 13.0 Å². The highest BCUT2D eigenvalue weighted by Crippen LogP contribution is 2.38. The SMILES string of the molecule is COCCN(C)C[C@H]1CO[C@@]2(CCCN(C(=O)c3nn(C)c4ccccc34)C2)C1. The molecule has 1 spiro atoms. The molecule has 2 aromatic rings. The minimum atomic E-state index is -0.203. The van der Waals surface area contributed by atoms with Crippen LogP contribution in [-0.4, -0.2) is 84.6 Å². The van der Waals surface area contributed by atoms with Crippen LogP contribution in [0.4, 0.5) is 0 Å². The standard InChI is InChI=1S/C22H32N4O3/c1-24(11-12-28-3)14-17-13-22(29-15-17)9-6-10-26(16-22)21(27)20-18-7-4-5-8-19(18)25(2)23-20/h4-5,7-8,17H,6,9-16H2,1-3H3/t17-,22-/m0/s1. The summed E-state index contributed by atoms with van der Waals surface area (Å²) >= 11 is 0. The number of carbonyl (C=O) groups excluding carboxylic acids is 1. The zero-order chi connectivity index (χ0) is 20.4. The number of rotatable bonds is 6. The van der Waals surface area contributed by atoms with Crippen molar-refractivity contribution < 1.29 is 14.3 Å². The van der Waals surface area contributed by atoms with Crippen molar-refractivity contribution in [3.63, 3.8) is 0 Å². The second kappa shape index (κ2) is 8.42. The third-order valence-corrected chi connectivity index (χ3v) is 6.32. The molecule has 1 aromatic heterocycles. The Morgan fingerprint density at radius 2 is 2.24 bits per heavy atom. The lowest BCUT2D eigenvalue weighted by molar-refractivity contribution is -0.0451. The van der Waals surface area contributed by atoms with Crippen molar-refractivity contribution in [2.75, 3.05) is 53.6 Å². The lowest BCUT2D eigenvalue weighted by atomic mass is 9.86. The normalized spacial score (nSPS) is 24.8. The fraction of sp³-hybridized carbons (Fsp3) is 0.636. The first-order valence-corrected chi connectivity index (χ1v) is 10.5. The molecule has 0 N–H and O–H groups in total. The van der Waals surface area contributed by atoms with E-state index in [0.29, 0.717) is 18.2 Å². The number of benzene rings is 1. The Kier molecular flexibility index (Phi) is 5.90. The number of amides is 1. The number of nitrogens with zero attached hydrogens (tertiary/aromatic N) is 4. The van der Waals surface area contributed by atoms with Gasteiger partial charge in [0, 0.05) is 39.2 Å². The number of likely N-dealkylation sites (tertiary alicyclic amines) is 1. The number of fused-ring (bicyclic) bond motifs is 1. The summed E-state index contributed by atoms with van der Waals surface area (Å²) in [7, 11) is 5.76. The minimum Gasteiger partial charge on any atom is -0.383 e. The van der Waals surface area contributed by atoms with E-state index in [1.165, 1.54) is 0 Å². The average Bonchev–Trinajstić information content (AvgIpc) is 3.27. The zero-order valence-electron chi connectivity index (χ0n) is 17.8. The zero-order valence-corrected chi connectivity index (χ0v) is 17.8. The van der Waals surface area contributed by atoms with E-state index in [1.807, 2.05) is 36.2 Å². The van der Waals surface area contributed by atoms with E-state index in [1.54, 1.807) is 11.8 Å². The van der Waals surface area contributed by atoms with E-state index >= 15 is 0 Å². The Morgan fingerprint density at radius 3 is 3.07 bits per heavy atom. The fourth-order valence-corrected chi connectivity index (χ4v) is 4.91. The first-order chi connectivity index (χ1) is 14.0. The number of piperidine rings is 1. The van der Waals surface area contributed by atoms with Gasteiger partial charge in [0.25, 0.3) is 5.91 Å². The second-order valence-corrected chi connectivity index (χ2v) is 8.64. The van der Waals surface area contributed by atoms with Gasteiger partial charge < -0.3 is 19.3 Å². The van der Waals surface area contributed by atoms with Crippen LogP contribution in [0.1, 0.15) is 29.8 Å². The molecule has 158 valence electrons. The predicted molar refractivity (Wildman–Crippen MR) is 112 cm³/mol. The molecular weight excluding hydrogens is 368 g/mol. The van der Waals surface area contributed by atoms with E-state index in [2.05, 4.69) is 17.0 Å². The number of methoxy groups -OCH3 is 1. The first kappa shape index (κ1) is 20.3. The monoisotopic (exact) mass is 400 g/mol. The van der Waals surface area contributed by atoms with Gasteiger partial charge in [-0.05, 0) is 38.3 Å². The molecule has 29 heavy (non-hydrogen) atoms. The molecule has 3 heterocycles. The van der Waals surface area contributed by atoms with Gasteiger partial charge in [0.05, 0.1) is 30.9 Å². The van der Waals surface area contributed by atoms with Gasteiger partial charge in [-0.25, -0.2) is 0 Å². The highest BCUT2D eigenvalue weighted by atomic mass is 16.5. The van der Waals surface area contributed by atoms with Gasteiger partial charge >= 0.3 is 0 Å². The van der Waals surface area contributed by atoms with E-state index in [0.717, 1.165) is 63.0 Å². The average molecular weight is 401 g/mol. The van der Waals surface area contributed by atoms with E-state index in [9.17, 15) is 4.79 Å². The highest BCUT2D eigenvalue weighted by Gasteiger charge is 2.45. The van der Waals surface area contributed by atoms with Crippen molar-refractivity contribution in [2.45, 2.75) is 24.9 Å². The van der Waals surface area contributed by atoms with Gasteiger partial charge in [0.1, 0.15) is 0 Å². The third-order valence-electron chi connectivity index (χ3n) is 6.32. The van der Waals surface area contributed by atoms with Crippen LogP contribution in [0.5, 0.6) is 0 Å². The summed E-state index contributed by atoms with van der Waals surface area (Å²) in [6, 6.07) is 7.92. The van der Waals surface area contributed by atoms with Crippen LogP contribution < -0.4 is 0 Å². The van der Waals surface area contributed by atoms with Crippen LogP contribution in [-0.2, 0) is 16.5 Å². The largest absolute Gasteiger partial charge is 0.383 e. The summed E-state index contributed by atoms with van der Waals surface area (Å²) in [4.78, 5) is 17.6. The lowest BCUT2D eigenvalue weighted by Crippen LogP contribution is -2.50. The number of hydrogen-bond donors (Lipinski definition) is 0. The summed E-state index contributed by atoms with van der Waals surface area (Å²) in [6.45, 7) is 4.88. The molecule has 2 fully saturated rings. The molecular formula is C22H32N4O3. The molecule has 0 radical (unpaired) electrons. The molecule has 0 unspecified atom stereocenters. The highest BCUT2D eigenvalue weighted by molar-refractivity contribution is 6.04. The summed E-state index contributed by atoms with van der Waals surface area (Å²) in [5.41, 5.74) is 1.33. The molecule has 1 amide bonds. The van der Waals surface area contributed by atoms with Crippen LogP contribution in [0.2, 0.25) is 0 Å². The molecule has 0 aliphatic carbocycles. The molecule has 2 aliphatic heterocycles. The van der Waals surface area contributed by atoms with Gasteiger partial charge in [0.15, 0.2) is 5.69 Å². The van der Waals surface area contributed by atoms with Crippen molar-refractivity contribution in [1.82, 2.24) is 19.6 Å². The Bertz CT molecular complexity index is 867. The third kappa shape index (κ3) is 4.17. The van der Waals surface area contributed by atoms with Crippen LogP contribution in [0.15, 0.2) is 24.3 Å². The van der Waals surface area contributed by atoms with Crippen LogP contribution in [0.3, 0.4) is 0 Å². The van der Waals surface area contributed by atoms with E-state index in [-0.39, 0.29) is 11.5 Å². The van der Waals surface area contributed by atoms with Gasteiger partial charge in [-0.2, -0.15) is 5.10 Å². The maximum absolute atomic E-state index is 13.3. The quantitative estimate of drug-likeness (QED) is 0.744. The summed E-state index contributed by atoms with van der Waals surface area (Å²) in [5.74, 6) is 0.521. The number of ether oxygens (including phenoxy) is 2. The van der Waals surface area contributed by atoms with Crippen molar-refractivity contribution in [3.05, 3.63) is 30.0 Å². The number of aromatic nitrogens is 2. The smallest absolute Gasteiger partial charge is 0.275 e. The Hall–Kier alpha value is -1.96. The van der Waals surface area contributed by atoms with Gasteiger partial charge in [-0.1, -0.05) is 18.2 Å². The van der Waals surface area contributed by atoms with Crippen LogP contribution in [0, 0.1) is 5.92 Å². The van der Waals surface area contributed by atoms with Crippen LogP contribution >= 0.6 is 0 Å². The van der Waals surface area contributed by atoms with Gasteiger partial charge in [0.2, 0.25) is 0 Å². The lowest BCUT2D eigenvalue weighted by Gasteiger charge is -2.39. The number of para-hydroxylation sites is 1. The molecule has 1 aromatic carbocycles. The predicted octanol–water partition coefficient (Wildman–Crippen LogP) is 2.16. The fourth-order valence-electron chi connectivity index (χ4n) is 4.91. The molecule has 2 saturated heterocycles. The molecule has 7 heteroatoms. The summed E-state index contributed by atoms with van der Waals surface area (Å²) < 4.78 is 13.3. The summed E-state index contributed by atoms with van der Waals surface area (Å²) in [6.07, 6.45) is 3.01. The number of aryl methyl sites for hydroxylation is 1. The van der Waals surface area contributed by atoms with Crippen molar-refractivity contribution in [1.29, 1.82) is 0 Å². The number of carbonyl (C=O) groups is 1. The molecule has 7 nitrogen and oxygen atoms in total. The Labute approximate surface area is 172 Å². The molecule has 0 saturated carbocycles.